The van der Waals surface area contributed by atoms with Gasteiger partial charge in [-0.3, -0.25) is 0 Å². The number of hydrogen-bond acceptors (Lipinski definition) is 1. The zero-order valence-corrected chi connectivity index (χ0v) is 7.93. The molecule has 0 nitrogen and oxygen atoms in total. The molecule has 0 atom stereocenters. The third-order valence-electron chi connectivity index (χ3n) is 1.20. The van der Waals surface area contributed by atoms with E-state index in [0.29, 0.717) is 16.5 Å². The molecule has 1 aromatic carbocycles. The van der Waals surface area contributed by atoms with Crippen LogP contribution < -0.4 is 0 Å². The highest BCUT2D eigenvalue weighted by atomic mass is 35.5. The molecule has 0 saturated carbocycles. The van der Waals surface area contributed by atoms with Gasteiger partial charge in [-0.25, -0.2) is 0 Å². The summed E-state index contributed by atoms with van der Waals surface area (Å²) in [6, 6.07) is 5.34. The van der Waals surface area contributed by atoms with Gasteiger partial charge in [0.25, 0.3) is 0 Å². The van der Waals surface area contributed by atoms with E-state index in [2.05, 4.69) is 17.6 Å². The predicted molar refractivity (Wildman–Crippen MR) is 52.8 cm³/mol. The molecule has 0 saturated heterocycles. The first-order chi connectivity index (χ1) is 5.22. The monoisotopic (exact) mass is 203 g/mol. The van der Waals surface area contributed by atoms with Crippen LogP contribution >= 0.6 is 35.4 Å². The molecule has 0 unspecified atom stereocenters. The summed E-state index contributed by atoms with van der Waals surface area (Å²) in [6.45, 7) is 0. The van der Waals surface area contributed by atoms with Crippen LogP contribution in [-0.2, 0) is 6.42 Å². The Labute approximate surface area is 81.1 Å². The third-order valence-corrected chi connectivity index (χ3v) is 1.78. The first kappa shape index (κ1) is 8.98. The fourth-order valence-electron chi connectivity index (χ4n) is 0.796. The molecule has 0 fully saturated rings. The lowest BCUT2D eigenvalue weighted by atomic mass is 10.2. The summed E-state index contributed by atoms with van der Waals surface area (Å²) >= 11 is 16.1. The lowest BCUT2D eigenvalue weighted by molar-refractivity contribution is 1.38. The molecule has 0 N–H and O–H groups in total. The van der Waals surface area contributed by atoms with Gasteiger partial charge in [0.2, 0.25) is 0 Å². The molecule has 0 spiro atoms. The van der Waals surface area contributed by atoms with Crippen molar-refractivity contribution in [1.82, 2.24) is 0 Å². The minimum absolute atomic E-state index is 0.607. The average Bonchev–Trinajstić information content (AvgIpc) is 1.85. The molecule has 0 aromatic heterocycles. The van der Waals surface area contributed by atoms with Crippen molar-refractivity contribution in [2.45, 2.75) is 6.42 Å². The van der Waals surface area contributed by atoms with E-state index >= 15 is 0 Å². The minimum atomic E-state index is 0.607. The summed E-state index contributed by atoms with van der Waals surface area (Å²) in [5, 5.41) is 3.88. The molecular weight excluding hydrogens is 199 g/mol. The van der Waals surface area contributed by atoms with Gasteiger partial charge >= 0.3 is 0 Å². The Balaban J connectivity index is 2.98. The molecule has 3 heteroatoms. The largest absolute Gasteiger partial charge is 0.0843 e. The number of hydrogen-bond donors (Lipinski definition) is 0. The Morgan fingerprint density at radius 3 is 2.18 bits per heavy atom. The maximum absolute atomic E-state index is 5.74. The van der Waals surface area contributed by atoms with Crippen LogP contribution in [0.25, 0.3) is 0 Å². The summed E-state index contributed by atoms with van der Waals surface area (Å²) in [4.78, 5) is 0. The van der Waals surface area contributed by atoms with Crippen molar-refractivity contribution in [3.05, 3.63) is 33.8 Å². The molecule has 1 rings (SSSR count). The van der Waals surface area contributed by atoms with Gasteiger partial charge in [-0.15, -0.1) is 0 Å². The predicted octanol–water partition coefficient (Wildman–Crippen LogP) is 3.41. The van der Waals surface area contributed by atoms with E-state index in [9.17, 15) is 0 Å². The van der Waals surface area contributed by atoms with Gasteiger partial charge in [0.05, 0.1) is 0 Å². The molecule has 0 aliphatic rings. The van der Waals surface area contributed by atoms with Gasteiger partial charge in [-0.2, -0.15) is 0 Å². The highest BCUT2D eigenvalue weighted by Crippen LogP contribution is 2.18. The lowest BCUT2D eigenvalue weighted by Crippen LogP contribution is -1.83. The zero-order valence-electron chi connectivity index (χ0n) is 5.60. The molecule has 0 aliphatic carbocycles. The van der Waals surface area contributed by atoms with E-state index in [1.54, 1.807) is 6.07 Å². The van der Waals surface area contributed by atoms with Gasteiger partial charge < -0.3 is 0 Å². The van der Waals surface area contributed by atoms with Crippen LogP contribution in [0, 0.1) is 0 Å². The summed E-state index contributed by atoms with van der Waals surface area (Å²) in [7, 11) is 0. The van der Waals surface area contributed by atoms with E-state index < -0.39 is 0 Å². The van der Waals surface area contributed by atoms with Crippen molar-refractivity contribution < 1.29 is 0 Å². The molecular formula is C8H5Cl2S. The standard InChI is InChI=1S/C8H5Cl2S/c9-7-3-6(1-2-11)4-8(10)5-7/h3-5H,1H2. The summed E-state index contributed by atoms with van der Waals surface area (Å²) in [6.07, 6.45) is 0.607. The van der Waals surface area contributed by atoms with Crippen molar-refractivity contribution in [1.29, 1.82) is 0 Å². The Morgan fingerprint density at radius 1 is 1.18 bits per heavy atom. The fourth-order valence-corrected chi connectivity index (χ4v) is 1.53. The zero-order chi connectivity index (χ0) is 8.27. The molecule has 0 amide bonds. The normalized spacial score (nSPS) is 9.64. The molecule has 11 heavy (non-hydrogen) atoms. The van der Waals surface area contributed by atoms with Crippen molar-refractivity contribution in [2.75, 3.05) is 0 Å². The number of rotatable bonds is 2. The van der Waals surface area contributed by atoms with Crippen LogP contribution in [-0.4, -0.2) is 5.37 Å². The average molecular weight is 204 g/mol. The van der Waals surface area contributed by atoms with Crippen molar-refractivity contribution in [2.24, 2.45) is 0 Å². The van der Waals surface area contributed by atoms with Crippen LogP contribution in [0.4, 0.5) is 0 Å². The minimum Gasteiger partial charge on any atom is -0.0843 e. The summed E-state index contributed by atoms with van der Waals surface area (Å²) < 4.78 is 0. The SMILES string of the molecule is S=[C]Cc1cc(Cl)cc(Cl)c1. The second-order valence-corrected chi connectivity index (χ2v) is 3.26. The summed E-state index contributed by atoms with van der Waals surface area (Å²) in [5.41, 5.74) is 0.998. The maximum atomic E-state index is 5.74. The third kappa shape index (κ3) is 2.78. The first-order valence-electron chi connectivity index (χ1n) is 3.02. The van der Waals surface area contributed by atoms with Gasteiger partial charge in [-0.1, -0.05) is 35.4 Å². The highest BCUT2D eigenvalue weighted by molar-refractivity contribution is 7.78. The summed E-state index contributed by atoms with van der Waals surface area (Å²) in [5.74, 6) is 0. The van der Waals surface area contributed by atoms with Crippen molar-refractivity contribution in [3.8, 4) is 0 Å². The molecule has 57 valence electrons. The van der Waals surface area contributed by atoms with E-state index in [0.717, 1.165) is 5.56 Å². The van der Waals surface area contributed by atoms with Gasteiger partial charge in [0.15, 0.2) is 0 Å². The van der Waals surface area contributed by atoms with Gasteiger partial charge in [0, 0.05) is 21.8 Å². The molecule has 1 aromatic rings. The topological polar surface area (TPSA) is 0 Å². The van der Waals surface area contributed by atoms with Crippen LogP contribution in [0.1, 0.15) is 5.56 Å². The van der Waals surface area contributed by atoms with E-state index in [1.807, 2.05) is 12.1 Å². The second kappa shape index (κ2) is 4.05. The maximum Gasteiger partial charge on any atom is 0.0423 e. The first-order valence-corrected chi connectivity index (χ1v) is 4.19. The number of thiocarbonyl (C=S) groups is 1. The fraction of sp³-hybridized carbons (Fsp3) is 0.125. The van der Waals surface area contributed by atoms with E-state index in [4.69, 9.17) is 23.2 Å². The Hall–Kier alpha value is -0.110. The molecule has 0 bridgehead atoms. The second-order valence-electron chi connectivity index (χ2n) is 2.10. The number of benzene rings is 1. The van der Waals surface area contributed by atoms with Crippen molar-refractivity contribution >= 4 is 40.8 Å². The van der Waals surface area contributed by atoms with Crippen LogP contribution in [0.15, 0.2) is 18.2 Å². The van der Waals surface area contributed by atoms with E-state index in [1.165, 1.54) is 0 Å². The molecule has 0 aliphatic heterocycles. The number of halogens is 2. The quantitative estimate of drug-likeness (QED) is 0.665. The van der Waals surface area contributed by atoms with Gasteiger partial charge in [0.1, 0.15) is 0 Å². The Kier molecular flexibility index (Phi) is 3.31. The molecule has 0 heterocycles. The Bertz CT molecular complexity index is 251. The van der Waals surface area contributed by atoms with Crippen molar-refractivity contribution in [3.63, 3.8) is 0 Å². The lowest BCUT2D eigenvalue weighted by Gasteiger charge is -1.97. The van der Waals surface area contributed by atoms with Crippen LogP contribution in [0.2, 0.25) is 10.0 Å². The molecule has 1 radical (unpaired) electrons. The smallest absolute Gasteiger partial charge is 0.0423 e. The van der Waals surface area contributed by atoms with E-state index in [-0.39, 0.29) is 0 Å². The Morgan fingerprint density at radius 2 is 1.73 bits per heavy atom. The van der Waals surface area contributed by atoms with Crippen LogP contribution in [0.5, 0.6) is 0 Å². The van der Waals surface area contributed by atoms with Crippen LogP contribution in [0.3, 0.4) is 0 Å². The van der Waals surface area contributed by atoms with Gasteiger partial charge in [-0.05, 0) is 23.8 Å². The highest BCUT2D eigenvalue weighted by Gasteiger charge is 1.95.